The average Bonchev–Trinajstić information content (AvgIpc) is 3.27. The molecule has 1 aliphatic rings. The van der Waals surface area contributed by atoms with Gasteiger partial charge in [0.1, 0.15) is 28.2 Å². The van der Waals surface area contributed by atoms with Crippen LogP contribution in [0.4, 0.5) is 20.2 Å². The second-order valence-electron chi connectivity index (χ2n) is 7.67. The Morgan fingerprint density at radius 3 is 2.39 bits per heavy atom. The van der Waals surface area contributed by atoms with Gasteiger partial charge in [0, 0.05) is 55.5 Å². The number of benzene rings is 2. The summed E-state index contributed by atoms with van der Waals surface area (Å²) in [5, 5.41) is 0. The van der Waals surface area contributed by atoms with E-state index in [9.17, 15) is 17.8 Å². The Morgan fingerprint density at radius 2 is 1.73 bits per heavy atom. The van der Waals surface area contributed by atoms with Crippen LogP contribution in [0.15, 0.2) is 53.5 Å². The number of halogens is 2. The number of pyridine rings is 1. The van der Waals surface area contributed by atoms with Gasteiger partial charge in [0.15, 0.2) is 11.6 Å². The van der Waals surface area contributed by atoms with Crippen LogP contribution in [0.1, 0.15) is 12.8 Å². The summed E-state index contributed by atoms with van der Waals surface area (Å²) >= 11 is 0. The van der Waals surface area contributed by atoms with Gasteiger partial charge >= 0.3 is 0 Å². The van der Waals surface area contributed by atoms with E-state index in [1.165, 1.54) is 16.9 Å². The molecular weight excluding hydrogens is 452 g/mol. The zero-order chi connectivity index (χ0) is 22.8. The Morgan fingerprint density at radius 1 is 1.03 bits per heavy atom. The molecule has 4 rings (SSSR count). The predicted molar refractivity (Wildman–Crippen MR) is 126 cm³/mol. The van der Waals surface area contributed by atoms with Crippen LogP contribution < -0.4 is 19.9 Å². The standard InChI is InChI=1S/C23H23F2N3O3S.H2O/c1-27-14-15(11-20(23(27)29)28-9-3-4-10-28)18-13-17(26-32(2)30)6-8-21(18)31-22-7-5-16(24)12-19(22)25;/h5-8,11-14,26H,3-4,9-10H2,1-2H3;1H2. The summed E-state index contributed by atoms with van der Waals surface area (Å²) in [6.45, 7) is 1.61. The highest BCUT2D eigenvalue weighted by atomic mass is 32.2. The maximum Gasteiger partial charge on any atom is 0.273 e. The van der Waals surface area contributed by atoms with Crippen molar-refractivity contribution < 1.29 is 23.2 Å². The second kappa shape index (κ2) is 10.1. The molecule has 33 heavy (non-hydrogen) atoms. The van der Waals surface area contributed by atoms with Gasteiger partial charge in [-0.15, -0.1) is 0 Å². The van der Waals surface area contributed by atoms with Crippen LogP contribution in [0.2, 0.25) is 0 Å². The Bertz CT molecular complexity index is 1240. The van der Waals surface area contributed by atoms with Gasteiger partial charge in [-0.25, -0.2) is 13.0 Å². The third-order valence-electron chi connectivity index (χ3n) is 5.28. The first-order chi connectivity index (χ1) is 15.3. The summed E-state index contributed by atoms with van der Waals surface area (Å²) < 4.78 is 49.4. The fraction of sp³-hybridized carbons (Fsp3) is 0.261. The van der Waals surface area contributed by atoms with Gasteiger partial charge in [-0.05, 0) is 49.2 Å². The Kier molecular flexibility index (Phi) is 7.50. The minimum Gasteiger partial charge on any atom is -0.454 e. The van der Waals surface area contributed by atoms with Crippen molar-refractivity contribution in [3.63, 3.8) is 0 Å². The predicted octanol–water partition coefficient (Wildman–Crippen LogP) is 3.60. The lowest BCUT2D eigenvalue weighted by Gasteiger charge is -2.20. The molecule has 0 amide bonds. The monoisotopic (exact) mass is 477 g/mol. The smallest absolute Gasteiger partial charge is 0.273 e. The molecule has 7 nitrogen and oxygen atoms in total. The summed E-state index contributed by atoms with van der Waals surface area (Å²) in [5.74, 6) is -1.34. The van der Waals surface area contributed by atoms with E-state index >= 15 is 0 Å². The van der Waals surface area contributed by atoms with E-state index in [4.69, 9.17) is 4.74 Å². The van der Waals surface area contributed by atoms with Crippen molar-refractivity contribution in [1.82, 2.24) is 4.57 Å². The minimum absolute atomic E-state index is 0. The summed E-state index contributed by atoms with van der Waals surface area (Å²) in [6.07, 6.45) is 5.23. The van der Waals surface area contributed by atoms with E-state index in [1.807, 2.05) is 0 Å². The number of hydrogen-bond acceptors (Lipinski definition) is 4. The SMILES string of the molecule is Cn1cc(-c2cc(NS(C)=O)ccc2Oc2ccc(F)cc2F)cc(N2CCCC2)c1=O.O. The molecule has 176 valence electrons. The van der Waals surface area contributed by atoms with Gasteiger partial charge in [0.2, 0.25) is 0 Å². The maximum atomic E-state index is 14.2. The van der Waals surface area contributed by atoms with Crippen LogP contribution in [0.25, 0.3) is 11.1 Å². The highest BCUT2D eigenvalue weighted by Crippen LogP contribution is 2.37. The molecule has 1 fully saturated rings. The average molecular weight is 478 g/mol. The third-order valence-corrected chi connectivity index (χ3v) is 5.80. The largest absolute Gasteiger partial charge is 0.454 e. The highest BCUT2D eigenvalue weighted by molar-refractivity contribution is 7.85. The third kappa shape index (κ3) is 5.40. The minimum atomic E-state index is -1.30. The first-order valence-corrected chi connectivity index (χ1v) is 11.7. The molecule has 1 saturated heterocycles. The molecular formula is C23H25F2N3O4S. The second-order valence-corrected chi connectivity index (χ2v) is 8.78. The summed E-state index contributed by atoms with van der Waals surface area (Å²) in [4.78, 5) is 14.8. The topological polar surface area (TPSA) is 95.1 Å². The Hall–Kier alpha value is -3.24. The van der Waals surface area contributed by atoms with Crippen LogP contribution >= 0.6 is 0 Å². The fourth-order valence-corrected chi connectivity index (χ4v) is 4.24. The highest BCUT2D eigenvalue weighted by Gasteiger charge is 2.19. The zero-order valence-electron chi connectivity index (χ0n) is 18.2. The molecule has 2 heterocycles. The molecule has 1 unspecified atom stereocenters. The van der Waals surface area contributed by atoms with Crippen LogP contribution in [-0.2, 0) is 18.0 Å². The van der Waals surface area contributed by atoms with Crippen molar-refractivity contribution >= 4 is 22.4 Å². The van der Waals surface area contributed by atoms with Crippen molar-refractivity contribution in [2.75, 3.05) is 29.0 Å². The van der Waals surface area contributed by atoms with Gasteiger partial charge in [-0.3, -0.25) is 4.79 Å². The molecule has 0 radical (unpaired) electrons. The van der Waals surface area contributed by atoms with Gasteiger partial charge < -0.3 is 24.4 Å². The van der Waals surface area contributed by atoms with Crippen molar-refractivity contribution in [3.05, 3.63) is 70.6 Å². The molecule has 1 atom stereocenters. The van der Waals surface area contributed by atoms with Crippen molar-refractivity contribution in [2.45, 2.75) is 12.8 Å². The Labute approximate surface area is 192 Å². The van der Waals surface area contributed by atoms with Gasteiger partial charge in [0.25, 0.3) is 5.56 Å². The number of nitrogens with zero attached hydrogens (tertiary/aromatic N) is 2. The molecule has 0 bridgehead atoms. The molecule has 0 spiro atoms. The van der Waals surface area contributed by atoms with E-state index < -0.39 is 22.6 Å². The number of rotatable bonds is 6. The zero-order valence-corrected chi connectivity index (χ0v) is 19.0. The lowest BCUT2D eigenvalue weighted by atomic mass is 10.0. The molecule has 0 saturated carbocycles. The number of anilines is 2. The van der Waals surface area contributed by atoms with E-state index in [0.717, 1.165) is 38.1 Å². The number of ether oxygens (including phenoxy) is 1. The van der Waals surface area contributed by atoms with Crippen LogP contribution in [0, 0.1) is 11.6 Å². The van der Waals surface area contributed by atoms with E-state index in [-0.39, 0.29) is 16.8 Å². The van der Waals surface area contributed by atoms with Crippen molar-refractivity contribution in [2.24, 2.45) is 7.05 Å². The lowest BCUT2D eigenvalue weighted by Crippen LogP contribution is -2.29. The molecule has 3 aromatic rings. The number of nitrogens with one attached hydrogen (secondary N) is 1. The van der Waals surface area contributed by atoms with Crippen LogP contribution in [0.3, 0.4) is 0 Å². The first kappa shape index (κ1) is 24.4. The molecule has 3 N–H and O–H groups in total. The molecule has 0 aliphatic carbocycles. The molecule has 2 aromatic carbocycles. The number of hydrogen-bond donors (Lipinski definition) is 1. The van der Waals surface area contributed by atoms with E-state index in [2.05, 4.69) is 9.62 Å². The van der Waals surface area contributed by atoms with Crippen molar-refractivity contribution in [3.8, 4) is 22.6 Å². The van der Waals surface area contributed by atoms with Crippen LogP contribution in [-0.4, -0.2) is 33.6 Å². The van der Waals surface area contributed by atoms with E-state index in [0.29, 0.717) is 28.3 Å². The van der Waals surface area contributed by atoms with E-state index in [1.54, 1.807) is 37.5 Å². The quantitative estimate of drug-likeness (QED) is 0.587. The fourth-order valence-electron chi connectivity index (χ4n) is 3.78. The lowest BCUT2D eigenvalue weighted by molar-refractivity contribution is 0.439. The summed E-state index contributed by atoms with van der Waals surface area (Å²) in [7, 11) is 0.373. The summed E-state index contributed by atoms with van der Waals surface area (Å²) in [6, 6.07) is 9.89. The van der Waals surface area contributed by atoms with Crippen molar-refractivity contribution in [1.29, 1.82) is 0 Å². The first-order valence-electron chi connectivity index (χ1n) is 10.1. The molecule has 1 aliphatic heterocycles. The van der Waals surface area contributed by atoms with Gasteiger partial charge in [0.05, 0.1) is 0 Å². The number of aromatic nitrogens is 1. The Balaban J connectivity index is 0.00000306. The van der Waals surface area contributed by atoms with Gasteiger partial charge in [-0.1, -0.05) is 0 Å². The maximum absolute atomic E-state index is 14.2. The summed E-state index contributed by atoms with van der Waals surface area (Å²) in [5.41, 5.74) is 2.30. The van der Waals surface area contributed by atoms with Crippen LogP contribution in [0.5, 0.6) is 11.5 Å². The molecule has 1 aromatic heterocycles. The normalized spacial score (nSPS) is 14.0. The van der Waals surface area contributed by atoms with Gasteiger partial charge in [-0.2, -0.15) is 0 Å². The number of aryl methyl sites for hydroxylation is 1. The molecule has 10 heteroatoms.